The number of carbonyl (C=O) groups excluding carboxylic acids is 1. The van der Waals surface area contributed by atoms with E-state index in [1.54, 1.807) is 6.92 Å². The summed E-state index contributed by atoms with van der Waals surface area (Å²) in [6.07, 6.45) is 8.02. The monoisotopic (exact) mass is 455 g/mol. The minimum Gasteiger partial charge on any atom is -0.454 e. The Labute approximate surface area is 194 Å². The molecule has 32 heavy (non-hydrogen) atoms. The number of amides is 1. The fourth-order valence-corrected chi connectivity index (χ4v) is 8.64. The van der Waals surface area contributed by atoms with Crippen LogP contribution in [-0.2, 0) is 4.79 Å². The highest BCUT2D eigenvalue weighted by Gasteiger charge is 2.52. The first-order chi connectivity index (χ1) is 15.4. The van der Waals surface area contributed by atoms with Gasteiger partial charge in [-0.2, -0.15) is 0 Å². The SMILES string of the molecule is CC(=O)N(c1ccc2c(c1)OCO2)C1CSC(=NC23CC4CC(CC(C4)C2)C3)N1C(C)C. The molecule has 2 aliphatic heterocycles. The molecule has 1 saturated heterocycles. The molecule has 6 nitrogen and oxygen atoms in total. The first-order valence-corrected chi connectivity index (χ1v) is 13.1. The minimum absolute atomic E-state index is 0.0381. The maximum Gasteiger partial charge on any atom is 0.231 e. The molecule has 4 bridgehead atoms. The average Bonchev–Trinajstić information content (AvgIpc) is 3.33. The van der Waals surface area contributed by atoms with Crippen LogP contribution >= 0.6 is 11.8 Å². The standard InChI is InChI=1S/C25H33N3O3S/c1-15(2)27-23(28(16(3)29)20-4-5-21-22(9-20)31-14-30-21)13-32-24(27)26-25-10-17-6-18(11-25)8-19(7-17)12-25/h4-5,9,15,17-19,23H,6-8,10-14H2,1-3H3. The van der Waals surface area contributed by atoms with Crippen LogP contribution in [-0.4, -0.2) is 46.3 Å². The van der Waals surface area contributed by atoms with Gasteiger partial charge in [-0.05, 0) is 82.3 Å². The maximum atomic E-state index is 12.9. The van der Waals surface area contributed by atoms with Crippen molar-refractivity contribution in [3.05, 3.63) is 18.2 Å². The van der Waals surface area contributed by atoms with E-state index in [2.05, 4.69) is 18.7 Å². The van der Waals surface area contributed by atoms with Gasteiger partial charge in [-0.1, -0.05) is 11.8 Å². The van der Waals surface area contributed by atoms with E-state index in [1.807, 2.05) is 34.9 Å². The molecule has 1 aromatic rings. The lowest BCUT2D eigenvalue weighted by Crippen LogP contribution is -2.54. The first kappa shape index (κ1) is 20.7. The molecule has 1 unspecified atom stereocenters. The topological polar surface area (TPSA) is 54.4 Å². The zero-order valence-corrected chi connectivity index (χ0v) is 20.1. The second kappa shape index (κ2) is 7.57. The summed E-state index contributed by atoms with van der Waals surface area (Å²) in [5.74, 6) is 4.95. The molecule has 7 rings (SSSR count). The summed E-state index contributed by atoms with van der Waals surface area (Å²) in [7, 11) is 0. The molecule has 1 aromatic carbocycles. The number of aliphatic imine (C=N–C) groups is 1. The third-order valence-electron chi connectivity index (χ3n) is 8.07. The highest BCUT2D eigenvalue weighted by molar-refractivity contribution is 8.14. The number of thioether (sulfide) groups is 1. The summed E-state index contributed by atoms with van der Waals surface area (Å²) >= 11 is 1.83. The number of nitrogens with zero attached hydrogens (tertiary/aromatic N) is 3. The molecule has 7 heteroatoms. The summed E-state index contributed by atoms with van der Waals surface area (Å²) in [4.78, 5) is 22.7. The van der Waals surface area contributed by atoms with Crippen LogP contribution < -0.4 is 14.4 Å². The largest absolute Gasteiger partial charge is 0.454 e. The van der Waals surface area contributed by atoms with E-state index in [9.17, 15) is 4.79 Å². The first-order valence-electron chi connectivity index (χ1n) is 12.1. The van der Waals surface area contributed by atoms with Crippen LogP contribution in [0.3, 0.4) is 0 Å². The normalized spacial score (nSPS) is 35.9. The lowest BCUT2D eigenvalue weighted by atomic mass is 9.53. The van der Waals surface area contributed by atoms with E-state index in [0.717, 1.165) is 40.1 Å². The smallest absolute Gasteiger partial charge is 0.231 e. The molecule has 0 N–H and O–H groups in total. The number of fused-ring (bicyclic) bond motifs is 1. The predicted molar refractivity (Wildman–Crippen MR) is 127 cm³/mol. The van der Waals surface area contributed by atoms with Crippen LogP contribution in [0, 0.1) is 17.8 Å². The summed E-state index contributed by atoms with van der Waals surface area (Å²) in [5, 5.41) is 1.14. The minimum atomic E-state index is -0.0504. The van der Waals surface area contributed by atoms with E-state index >= 15 is 0 Å². The van der Waals surface area contributed by atoms with Crippen LogP contribution in [0.15, 0.2) is 23.2 Å². The molecule has 5 fully saturated rings. The van der Waals surface area contributed by atoms with Gasteiger partial charge in [0.2, 0.25) is 12.7 Å². The fourth-order valence-electron chi connectivity index (χ4n) is 7.29. The number of carbonyl (C=O) groups is 1. The van der Waals surface area contributed by atoms with Crippen molar-refractivity contribution in [1.29, 1.82) is 0 Å². The van der Waals surface area contributed by atoms with E-state index in [4.69, 9.17) is 14.5 Å². The second-order valence-corrected chi connectivity index (χ2v) is 11.7. The van der Waals surface area contributed by atoms with Crippen molar-refractivity contribution in [3.63, 3.8) is 0 Å². The highest BCUT2D eigenvalue weighted by atomic mass is 32.2. The van der Waals surface area contributed by atoms with Crippen LogP contribution in [0.25, 0.3) is 0 Å². The number of rotatable bonds is 4. The summed E-state index contributed by atoms with van der Waals surface area (Å²) in [6, 6.07) is 6.06. The van der Waals surface area contributed by atoms with Gasteiger partial charge in [0, 0.05) is 30.5 Å². The molecule has 6 aliphatic rings. The molecule has 172 valence electrons. The molecular weight excluding hydrogens is 422 g/mol. The fraction of sp³-hybridized carbons (Fsp3) is 0.680. The van der Waals surface area contributed by atoms with Crippen molar-refractivity contribution in [2.45, 2.75) is 77.0 Å². The quantitative estimate of drug-likeness (QED) is 0.648. The predicted octanol–water partition coefficient (Wildman–Crippen LogP) is 4.88. The number of benzene rings is 1. The van der Waals surface area contributed by atoms with Crippen molar-refractivity contribution in [2.75, 3.05) is 17.4 Å². The Morgan fingerprint density at radius 3 is 2.41 bits per heavy atom. The highest BCUT2D eigenvalue weighted by Crippen LogP contribution is 2.57. The number of anilines is 1. The molecule has 0 radical (unpaired) electrons. The van der Waals surface area contributed by atoms with Crippen molar-refractivity contribution in [1.82, 2.24) is 4.90 Å². The third kappa shape index (κ3) is 3.39. The molecule has 0 spiro atoms. The molecule has 2 heterocycles. The van der Waals surface area contributed by atoms with E-state index in [1.165, 1.54) is 38.5 Å². The Balaban J connectivity index is 1.32. The summed E-state index contributed by atoms with van der Waals surface area (Å²) in [5.41, 5.74) is 0.993. The molecule has 4 aliphatic carbocycles. The number of ether oxygens (including phenoxy) is 2. The van der Waals surface area contributed by atoms with Crippen LogP contribution in [0.1, 0.15) is 59.3 Å². The summed E-state index contributed by atoms with van der Waals surface area (Å²) in [6.45, 7) is 6.32. The lowest BCUT2D eigenvalue weighted by molar-refractivity contribution is -0.117. The van der Waals surface area contributed by atoms with Crippen molar-refractivity contribution >= 4 is 28.5 Å². The number of amidine groups is 1. The van der Waals surface area contributed by atoms with Gasteiger partial charge in [0.1, 0.15) is 6.17 Å². The maximum absolute atomic E-state index is 12.9. The second-order valence-electron chi connectivity index (χ2n) is 10.8. The van der Waals surface area contributed by atoms with Gasteiger partial charge in [0.15, 0.2) is 16.7 Å². The van der Waals surface area contributed by atoms with Gasteiger partial charge in [-0.15, -0.1) is 0 Å². The third-order valence-corrected chi connectivity index (χ3v) is 9.10. The lowest BCUT2D eigenvalue weighted by Gasteiger charge is -2.55. The Morgan fingerprint density at radius 1 is 1.12 bits per heavy atom. The van der Waals surface area contributed by atoms with Gasteiger partial charge >= 0.3 is 0 Å². The van der Waals surface area contributed by atoms with Gasteiger partial charge in [-0.3, -0.25) is 14.7 Å². The number of hydrogen-bond acceptors (Lipinski definition) is 5. The van der Waals surface area contributed by atoms with Gasteiger partial charge < -0.3 is 14.4 Å². The number of hydrogen-bond donors (Lipinski definition) is 0. The van der Waals surface area contributed by atoms with Crippen molar-refractivity contribution in [2.24, 2.45) is 22.7 Å². The average molecular weight is 456 g/mol. The van der Waals surface area contributed by atoms with Gasteiger partial charge in [-0.25, -0.2) is 0 Å². The Morgan fingerprint density at radius 2 is 1.78 bits per heavy atom. The zero-order chi connectivity index (χ0) is 22.0. The molecule has 4 saturated carbocycles. The Bertz CT molecular complexity index is 926. The molecule has 1 amide bonds. The van der Waals surface area contributed by atoms with E-state index in [0.29, 0.717) is 5.75 Å². The summed E-state index contributed by atoms with van der Waals surface area (Å²) < 4.78 is 11.1. The Kier molecular flexibility index (Phi) is 4.90. The van der Waals surface area contributed by atoms with Crippen molar-refractivity contribution < 1.29 is 14.3 Å². The van der Waals surface area contributed by atoms with Crippen LogP contribution in [0.2, 0.25) is 0 Å². The molecule has 1 atom stereocenters. The molecule has 0 aromatic heterocycles. The Hall–Kier alpha value is -1.89. The van der Waals surface area contributed by atoms with E-state index < -0.39 is 0 Å². The van der Waals surface area contributed by atoms with E-state index in [-0.39, 0.29) is 30.4 Å². The van der Waals surface area contributed by atoms with Crippen molar-refractivity contribution in [3.8, 4) is 11.5 Å². The van der Waals surface area contributed by atoms with Crippen LogP contribution in [0.5, 0.6) is 11.5 Å². The zero-order valence-electron chi connectivity index (χ0n) is 19.3. The molecular formula is C25H33N3O3S. The van der Waals surface area contributed by atoms with Crippen LogP contribution in [0.4, 0.5) is 5.69 Å². The van der Waals surface area contributed by atoms with Gasteiger partial charge in [0.05, 0.1) is 5.54 Å². The van der Waals surface area contributed by atoms with Gasteiger partial charge in [0.25, 0.3) is 0 Å².